The Morgan fingerprint density at radius 3 is 2.62 bits per heavy atom. The number of aliphatic hydroxyl groups is 1. The molecule has 1 atom stereocenters. The number of pyridine rings is 1. The van der Waals surface area contributed by atoms with Gasteiger partial charge in [-0.3, -0.25) is 4.79 Å². The molecule has 1 amide bonds. The Morgan fingerprint density at radius 2 is 1.82 bits per heavy atom. The van der Waals surface area contributed by atoms with Gasteiger partial charge in [0.05, 0.1) is 27.7 Å². The van der Waals surface area contributed by atoms with E-state index < -0.39 is 5.60 Å². The number of carbonyl (C=O) groups excluding carboxylic acids is 1. The van der Waals surface area contributed by atoms with Crippen molar-refractivity contribution in [3.05, 3.63) is 134 Å². The lowest BCUT2D eigenvalue weighted by Gasteiger charge is -2.24. The van der Waals surface area contributed by atoms with E-state index in [0.29, 0.717) is 22.7 Å². The number of thiophene rings is 1. The molecule has 5 aromatic rings. The van der Waals surface area contributed by atoms with Crippen LogP contribution < -0.4 is 5.32 Å². The second kappa shape index (κ2) is 12.2. The van der Waals surface area contributed by atoms with Crippen LogP contribution in [-0.2, 0) is 12.0 Å². The topological polar surface area (TPSA) is 62.2 Å². The highest BCUT2D eigenvalue weighted by molar-refractivity contribution is 7.12. The molecule has 4 nitrogen and oxygen atoms in total. The molecule has 0 spiro atoms. The standard InChI is InChI=1S/C34H31ClN2O2S/c1-34(2,39)29-10-4-3-8-24(29)15-19-30(37-33(38)32-11-6-20-40-32)26-9-5-7-23(21-26)12-17-28-18-14-25-13-16-27(35)22-31(25)36-28/h3-14,16-18,20-22,30,39H,15,19H2,1-2H3,(H,37,38)/b17-12+. The van der Waals surface area contributed by atoms with E-state index in [0.717, 1.165) is 38.9 Å². The summed E-state index contributed by atoms with van der Waals surface area (Å²) in [5, 5.41) is 17.6. The second-order valence-corrected chi connectivity index (χ2v) is 11.7. The van der Waals surface area contributed by atoms with Crippen LogP contribution in [0.3, 0.4) is 0 Å². The van der Waals surface area contributed by atoms with Crippen LogP contribution in [-0.4, -0.2) is 16.0 Å². The lowest BCUT2D eigenvalue weighted by Crippen LogP contribution is -2.28. The zero-order chi connectivity index (χ0) is 28.1. The van der Waals surface area contributed by atoms with Crippen LogP contribution in [0.5, 0.6) is 0 Å². The van der Waals surface area contributed by atoms with Crippen molar-refractivity contribution < 1.29 is 9.90 Å². The van der Waals surface area contributed by atoms with E-state index in [1.165, 1.54) is 11.3 Å². The Hall–Kier alpha value is -3.77. The molecule has 0 aliphatic rings. The molecule has 0 radical (unpaired) electrons. The number of amides is 1. The minimum absolute atomic E-state index is 0.0873. The van der Waals surface area contributed by atoms with E-state index in [2.05, 4.69) is 17.4 Å². The van der Waals surface area contributed by atoms with Gasteiger partial charge in [-0.05, 0) is 90.7 Å². The number of nitrogens with zero attached hydrogens (tertiary/aromatic N) is 1. The van der Waals surface area contributed by atoms with Crippen LogP contribution in [0.1, 0.15) is 63.9 Å². The van der Waals surface area contributed by atoms with Crippen LogP contribution >= 0.6 is 22.9 Å². The molecule has 2 heterocycles. The number of nitrogens with one attached hydrogen (secondary N) is 1. The third-order valence-electron chi connectivity index (χ3n) is 6.86. The van der Waals surface area contributed by atoms with Crippen molar-refractivity contribution in [2.75, 3.05) is 0 Å². The van der Waals surface area contributed by atoms with Crippen molar-refractivity contribution in [3.63, 3.8) is 0 Å². The molecule has 5 rings (SSSR count). The highest BCUT2D eigenvalue weighted by Crippen LogP contribution is 2.28. The van der Waals surface area contributed by atoms with Crippen LogP contribution in [0.2, 0.25) is 5.02 Å². The molecular weight excluding hydrogens is 536 g/mol. The largest absolute Gasteiger partial charge is 0.386 e. The van der Waals surface area contributed by atoms with Gasteiger partial charge in [-0.1, -0.05) is 78.3 Å². The smallest absolute Gasteiger partial charge is 0.261 e. The van der Waals surface area contributed by atoms with Gasteiger partial charge in [0.1, 0.15) is 0 Å². The molecule has 2 N–H and O–H groups in total. The number of hydrogen-bond donors (Lipinski definition) is 2. The highest BCUT2D eigenvalue weighted by Gasteiger charge is 2.22. The summed E-state index contributed by atoms with van der Waals surface area (Å²) < 4.78 is 0. The molecule has 0 aliphatic heterocycles. The molecule has 0 aliphatic carbocycles. The molecule has 0 bridgehead atoms. The number of aryl methyl sites for hydroxylation is 1. The SMILES string of the molecule is CC(C)(O)c1ccccc1CCC(NC(=O)c1cccs1)c1cccc(/C=C/c2ccc3ccc(Cl)cc3n2)c1. The van der Waals surface area contributed by atoms with Gasteiger partial charge >= 0.3 is 0 Å². The van der Waals surface area contributed by atoms with Gasteiger partial charge in [0.2, 0.25) is 0 Å². The summed E-state index contributed by atoms with van der Waals surface area (Å²) in [6, 6.07) is 29.4. The van der Waals surface area contributed by atoms with E-state index in [9.17, 15) is 9.90 Å². The minimum atomic E-state index is -0.945. The van der Waals surface area contributed by atoms with Gasteiger partial charge in [0.15, 0.2) is 0 Å². The Kier molecular flexibility index (Phi) is 8.46. The van der Waals surface area contributed by atoms with Crippen molar-refractivity contribution in [1.82, 2.24) is 10.3 Å². The Morgan fingerprint density at radius 1 is 1.00 bits per heavy atom. The average Bonchev–Trinajstić information content (AvgIpc) is 3.49. The number of rotatable bonds is 9. The zero-order valence-corrected chi connectivity index (χ0v) is 24.0. The fraction of sp³-hybridized carbons (Fsp3) is 0.176. The van der Waals surface area contributed by atoms with Crippen molar-refractivity contribution in [2.24, 2.45) is 0 Å². The van der Waals surface area contributed by atoms with Crippen LogP contribution in [0.25, 0.3) is 23.1 Å². The lowest BCUT2D eigenvalue weighted by atomic mass is 9.89. The number of aromatic nitrogens is 1. The normalized spacial score (nSPS) is 12.6. The molecule has 3 aromatic carbocycles. The number of halogens is 1. The molecule has 0 fully saturated rings. The molecule has 0 saturated carbocycles. The Bertz CT molecular complexity index is 1650. The summed E-state index contributed by atoms with van der Waals surface area (Å²) in [6.07, 6.45) is 5.41. The lowest BCUT2D eigenvalue weighted by molar-refractivity contribution is 0.0774. The summed E-state index contributed by atoms with van der Waals surface area (Å²) in [5.41, 5.74) is 4.75. The summed E-state index contributed by atoms with van der Waals surface area (Å²) in [7, 11) is 0. The number of benzene rings is 3. The van der Waals surface area contributed by atoms with E-state index in [1.807, 2.05) is 96.4 Å². The first-order valence-electron chi connectivity index (χ1n) is 13.3. The predicted octanol–water partition coefficient (Wildman–Crippen LogP) is 8.45. The zero-order valence-electron chi connectivity index (χ0n) is 22.5. The molecule has 2 aromatic heterocycles. The number of fused-ring (bicyclic) bond motifs is 1. The highest BCUT2D eigenvalue weighted by atomic mass is 35.5. The van der Waals surface area contributed by atoms with Crippen LogP contribution in [0.4, 0.5) is 0 Å². The van der Waals surface area contributed by atoms with Crippen molar-refractivity contribution in [2.45, 2.75) is 38.3 Å². The third kappa shape index (κ3) is 6.86. The van der Waals surface area contributed by atoms with Crippen LogP contribution in [0.15, 0.2) is 96.4 Å². The fourth-order valence-electron chi connectivity index (χ4n) is 4.85. The van der Waals surface area contributed by atoms with Gasteiger partial charge < -0.3 is 10.4 Å². The summed E-state index contributed by atoms with van der Waals surface area (Å²) >= 11 is 7.58. The summed E-state index contributed by atoms with van der Waals surface area (Å²) in [6.45, 7) is 3.60. The molecule has 40 heavy (non-hydrogen) atoms. The first-order chi connectivity index (χ1) is 19.3. The third-order valence-corrected chi connectivity index (χ3v) is 7.97. The van der Waals surface area contributed by atoms with Gasteiger partial charge in [-0.15, -0.1) is 11.3 Å². The average molecular weight is 567 g/mol. The molecule has 1 unspecified atom stereocenters. The Balaban J connectivity index is 1.40. The maximum Gasteiger partial charge on any atom is 0.261 e. The van der Waals surface area contributed by atoms with Crippen molar-refractivity contribution in [1.29, 1.82) is 0 Å². The van der Waals surface area contributed by atoms with E-state index in [1.54, 1.807) is 13.8 Å². The molecule has 202 valence electrons. The van der Waals surface area contributed by atoms with Crippen molar-refractivity contribution >= 4 is 51.9 Å². The molecular formula is C34H31ClN2O2S. The number of hydrogen-bond acceptors (Lipinski definition) is 4. The van der Waals surface area contributed by atoms with Crippen molar-refractivity contribution in [3.8, 4) is 0 Å². The van der Waals surface area contributed by atoms with Gasteiger partial charge in [0.25, 0.3) is 5.91 Å². The first kappa shape index (κ1) is 27.8. The Labute approximate surface area is 244 Å². The van der Waals surface area contributed by atoms with E-state index >= 15 is 0 Å². The monoisotopic (exact) mass is 566 g/mol. The fourth-order valence-corrected chi connectivity index (χ4v) is 5.65. The van der Waals surface area contributed by atoms with Gasteiger partial charge in [-0.2, -0.15) is 0 Å². The van der Waals surface area contributed by atoms with Crippen LogP contribution in [0, 0.1) is 0 Å². The van der Waals surface area contributed by atoms with E-state index in [-0.39, 0.29) is 11.9 Å². The number of carbonyl (C=O) groups is 1. The van der Waals surface area contributed by atoms with E-state index in [4.69, 9.17) is 16.6 Å². The molecule has 0 saturated heterocycles. The quantitative estimate of drug-likeness (QED) is 0.188. The minimum Gasteiger partial charge on any atom is -0.386 e. The van der Waals surface area contributed by atoms with Gasteiger partial charge in [0, 0.05) is 10.4 Å². The summed E-state index contributed by atoms with van der Waals surface area (Å²) in [5.74, 6) is -0.0873. The maximum absolute atomic E-state index is 13.1. The second-order valence-electron chi connectivity index (χ2n) is 10.3. The first-order valence-corrected chi connectivity index (χ1v) is 14.5. The maximum atomic E-state index is 13.1. The predicted molar refractivity (Wildman–Crippen MR) is 167 cm³/mol. The summed E-state index contributed by atoms with van der Waals surface area (Å²) in [4.78, 5) is 18.5. The van der Waals surface area contributed by atoms with Gasteiger partial charge in [-0.25, -0.2) is 4.98 Å². The molecule has 6 heteroatoms.